The van der Waals surface area contributed by atoms with Crippen LogP contribution in [0.2, 0.25) is 0 Å². The van der Waals surface area contributed by atoms with E-state index in [1.54, 1.807) is 30.3 Å². The minimum atomic E-state index is -1.59. The molecule has 2 rings (SSSR count). The normalized spacial score (nSPS) is 9.64. The largest absolute Gasteiger partial charge is 0.478 e. The Morgan fingerprint density at radius 2 is 1.14 bits per heavy atom. The first-order valence-corrected chi connectivity index (χ1v) is 5.85. The van der Waals surface area contributed by atoms with E-state index in [0.717, 1.165) is 12.1 Å². The van der Waals surface area contributed by atoms with Crippen molar-refractivity contribution in [2.75, 3.05) is 0 Å². The number of rotatable bonds is 4. The molecular weight excluding hydrogens is 312 g/mol. The highest BCUT2D eigenvalue weighted by atomic mass is 35.5. The Hall–Kier alpha value is -2.86. The summed E-state index contributed by atoms with van der Waals surface area (Å²) in [7, 11) is 0. The summed E-state index contributed by atoms with van der Waals surface area (Å²) in [6.07, 6.45) is 0. The minimum absolute atomic E-state index is 0. The molecule has 22 heavy (non-hydrogen) atoms. The molecule has 0 bridgehead atoms. The third-order valence-corrected chi connectivity index (χ3v) is 2.92. The number of halogens is 1. The maximum absolute atomic E-state index is 11.2. The first kappa shape index (κ1) is 17.2. The average molecular weight is 323 g/mol. The molecule has 0 aromatic heterocycles. The Balaban J connectivity index is 0.00000242. The Bertz CT molecular complexity index is 704. The van der Waals surface area contributed by atoms with Crippen molar-refractivity contribution in [3.05, 3.63) is 59.2 Å². The van der Waals surface area contributed by atoms with Gasteiger partial charge in [0.05, 0.1) is 16.7 Å². The van der Waals surface area contributed by atoms with Gasteiger partial charge in [-0.1, -0.05) is 30.3 Å². The molecule has 0 saturated carbocycles. The number of hydrogen-bond acceptors (Lipinski definition) is 3. The van der Waals surface area contributed by atoms with Crippen molar-refractivity contribution in [1.82, 2.24) is 0 Å². The molecule has 0 spiro atoms. The van der Waals surface area contributed by atoms with Crippen LogP contribution in [-0.2, 0) is 0 Å². The summed E-state index contributed by atoms with van der Waals surface area (Å²) in [6.45, 7) is 0. The van der Waals surface area contributed by atoms with E-state index in [0.29, 0.717) is 11.1 Å². The van der Waals surface area contributed by atoms with Crippen molar-refractivity contribution in [3.8, 4) is 11.1 Å². The van der Waals surface area contributed by atoms with Gasteiger partial charge in [-0.3, -0.25) is 0 Å². The van der Waals surface area contributed by atoms with Gasteiger partial charge in [-0.05, 0) is 23.3 Å². The molecule has 2 aromatic carbocycles. The van der Waals surface area contributed by atoms with Crippen LogP contribution in [-0.4, -0.2) is 33.2 Å². The summed E-state index contributed by atoms with van der Waals surface area (Å²) in [5.41, 5.74) is -0.910. The van der Waals surface area contributed by atoms with Crippen molar-refractivity contribution in [1.29, 1.82) is 0 Å². The SMILES string of the molecule is Cl.O=C(O)c1cc(-c2ccccc2)cc(C(=O)O)c1C(=O)O. The molecule has 0 saturated heterocycles. The smallest absolute Gasteiger partial charge is 0.337 e. The summed E-state index contributed by atoms with van der Waals surface area (Å²) in [5.74, 6) is -4.58. The van der Waals surface area contributed by atoms with Crippen LogP contribution in [0, 0.1) is 0 Å². The van der Waals surface area contributed by atoms with Crippen LogP contribution < -0.4 is 0 Å². The molecule has 2 aromatic rings. The van der Waals surface area contributed by atoms with E-state index < -0.39 is 34.6 Å². The Morgan fingerprint density at radius 1 is 0.682 bits per heavy atom. The summed E-state index contributed by atoms with van der Waals surface area (Å²) in [4.78, 5) is 33.6. The number of hydrogen-bond donors (Lipinski definition) is 3. The summed E-state index contributed by atoms with van der Waals surface area (Å²) < 4.78 is 0. The monoisotopic (exact) mass is 322 g/mol. The molecule has 0 heterocycles. The van der Waals surface area contributed by atoms with Gasteiger partial charge in [0, 0.05) is 0 Å². The van der Waals surface area contributed by atoms with E-state index in [9.17, 15) is 14.4 Å². The Kier molecular flexibility index (Phi) is 5.26. The molecule has 7 heteroatoms. The van der Waals surface area contributed by atoms with Crippen molar-refractivity contribution < 1.29 is 29.7 Å². The van der Waals surface area contributed by atoms with Crippen molar-refractivity contribution in [2.45, 2.75) is 0 Å². The van der Waals surface area contributed by atoms with Gasteiger partial charge >= 0.3 is 17.9 Å². The zero-order valence-corrected chi connectivity index (χ0v) is 11.8. The standard InChI is InChI=1S/C15H10O6.ClH/c16-13(17)10-6-9(8-4-2-1-3-5-8)7-11(14(18)19)12(10)15(20)21;/h1-7H,(H,16,17)(H,18,19)(H,20,21);1H. The summed E-state index contributed by atoms with van der Waals surface area (Å²) >= 11 is 0. The van der Waals surface area contributed by atoms with Crippen LogP contribution >= 0.6 is 12.4 Å². The fourth-order valence-corrected chi connectivity index (χ4v) is 2.01. The van der Waals surface area contributed by atoms with E-state index in [2.05, 4.69) is 0 Å². The fraction of sp³-hybridized carbons (Fsp3) is 0. The molecule has 3 N–H and O–H groups in total. The molecule has 0 aliphatic rings. The van der Waals surface area contributed by atoms with E-state index in [4.69, 9.17) is 15.3 Å². The first-order valence-electron chi connectivity index (χ1n) is 5.85. The lowest BCUT2D eigenvalue weighted by molar-refractivity contribution is 0.0633. The quantitative estimate of drug-likeness (QED) is 0.798. The van der Waals surface area contributed by atoms with E-state index >= 15 is 0 Å². The average Bonchev–Trinajstić information content (AvgIpc) is 2.46. The number of carboxylic acid groups (broad SMARTS) is 3. The molecule has 0 radical (unpaired) electrons. The van der Waals surface area contributed by atoms with Gasteiger partial charge in [0.1, 0.15) is 0 Å². The Labute approximate surface area is 131 Å². The van der Waals surface area contributed by atoms with E-state index in [-0.39, 0.29) is 12.4 Å². The van der Waals surface area contributed by atoms with Crippen LogP contribution in [0.5, 0.6) is 0 Å². The highest BCUT2D eigenvalue weighted by Crippen LogP contribution is 2.26. The van der Waals surface area contributed by atoms with Gasteiger partial charge in [-0.2, -0.15) is 0 Å². The lowest BCUT2D eigenvalue weighted by Gasteiger charge is -2.10. The number of carboxylic acids is 3. The lowest BCUT2D eigenvalue weighted by atomic mass is 9.94. The van der Waals surface area contributed by atoms with Gasteiger partial charge in [0.15, 0.2) is 0 Å². The molecule has 0 unspecified atom stereocenters. The predicted octanol–water partition coefficient (Wildman–Crippen LogP) is 2.87. The van der Waals surface area contributed by atoms with Gasteiger partial charge in [-0.15, -0.1) is 12.4 Å². The molecule has 0 aliphatic heterocycles. The molecule has 0 fully saturated rings. The maximum atomic E-state index is 11.2. The molecule has 6 nitrogen and oxygen atoms in total. The highest BCUT2D eigenvalue weighted by Gasteiger charge is 2.25. The molecule has 0 atom stereocenters. The lowest BCUT2D eigenvalue weighted by Crippen LogP contribution is -2.15. The zero-order valence-electron chi connectivity index (χ0n) is 11.0. The maximum Gasteiger partial charge on any atom is 0.337 e. The van der Waals surface area contributed by atoms with E-state index in [1.165, 1.54) is 0 Å². The van der Waals surface area contributed by atoms with E-state index in [1.807, 2.05) is 0 Å². The highest BCUT2D eigenvalue weighted by molar-refractivity contribution is 6.10. The van der Waals surface area contributed by atoms with Crippen LogP contribution in [0.3, 0.4) is 0 Å². The summed E-state index contributed by atoms with van der Waals surface area (Å²) in [5, 5.41) is 27.4. The van der Waals surface area contributed by atoms with Crippen LogP contribution in [0.15, 0.2) is 42.5 Å². The van der Waals surface area contributed by atoms with Gasteiger partial charge in [0.25, 0.3) is 0 Å². The van der Waals surface area contributed by atoms with Crippen molar-refractivity contribution in [3.63, 3.8) is 0 Å². The molecule has 0 amide bonds. The third-order valence-electron chi connectivity index (χ3n) is 2.92. The summed E-state index contributed by atoms with van der Waals surface area (Å²) in [6, 6.07) is 10.8. The predicted molar refractivity (Wildman–Crippen MR) is 80.0 cm³/mol. The third kappa shape index (κ3) is 3.24. The van der Waals surface area contributed by atoms with Crippen LogP contribution in [0.1, 0.15) is 31.1 Å². The van der Waals surface area contributed by atoms with Gasteiger partial charge < -0.3 is 15.3 Å². The topological polar surface area (TPSA) is 112 Å². The number of carbonyl (C=O) groups is 3. The van der Waals surface area contributed by atoms with Crippen LogP contribution in [0.4, 0.5) is 0 Å². The second-order valence-electron chi connectivity index (χ2n) is 4.23. The van der Waals surface area contributed by atoms with Gasteiger partial charge in [-0.25, -0.2) is 14.4 Å². The second kappa shape index (κ2) is 6.73. The molecular formula is C15H11ClO6. The fourth-order valence-electron chi connectivity index (χ4n) is 2.01. The Morgan fingerprint density at radius 3 is 1.50 bits per heavy atom. The van der Waals surface area contributed by atoms with Crippen LogP contribution in [0.25, 0.3) is 11.1 Å². The van der Waals surface area contributed by atoms with Crippen molar-refractivity contribution in [2.24, 2.45) is 0 Å². The zero-order chi connectivity index (χ0) is 15.6. The number of aromatic carboxylic acids is 3. The van der Waals surface area contributed by atoms with Crippen molar-refractivity contribution >= 4 is 30.3 Å². The minimum Gasteiger partial charge on any atom is -0.478 e. The van der Waals surface area contributed by atoms with Gasteiger partial charge in [0.2, 0.25) is 0 Å². The molecule has 114 valence electrons. The number of benzene rings is 2. The second-order valence-corrected chi connectivity index (χ2v) is 4.23. The molecule has 0 aliphatic carbocycles. The first-order chi connectivity index (χ1) is 9.91.